The van der Waals surface area contributed by atoms with Gasteiger partial charge in [0.15, 0.2) is 0 Å². The second-order valence-corrected chi connectivity index (χ2v) is 18.0. The molecule has 2 heteroatoms. The number of fused-ring (bicyclic) bond motifs is 6. The molecule has 13 aromatic rings. The number of rotatable bonds is 9. The Bertz CT molecular complexity index is 3800. The van der Waals surface area contributed by atoms with E-state index in [-0.39, 0.29) is 5.92 Å². The number of benzene rings is 11. The summed E-state index contributed by atoms with van der Waals surface area (Å²) in [7, 11) is 0. The third kappa shape index (κ3) is 7.59. The molecule has 2 nitrogen and oxygen atoms in total. The van der Waals surface area contributed by atoms with Gasteiger partial charge < -0.3 is 8.83 Å². The van der Waals surface area contributed by atoms with E-state index in [1.54, 1.807) is 0 Å². The fourth-order valence-corrected chi connectivity index (χ4v) is 10.3. The fraction of sp³-hybridized carbons (Fsp3) is 0.0149. The molecule has 0 N–H and O–H groups in total. The maximum Gasteiger partial charge on any atom is 0.135 e. The Morgan fingerprint density at radius 3 is 0.928 bits per heavy atom. The number of furan rings is 2. The van der Waals surface area contributed by atoms with Gasteiger partial charge in [-0.15, -0.1) is 0 Å². The van der Waals surface area contributed by atoms with Crippen molar-refractivity contribution in [2.75, 3.05) is 0 Å². The van der Waals surface area contributed by atoms with Gasteiger partial charge in [0.2, 0.25) is 0 Å². The van der Waals surface area contributed by atoms with E-state index < -0.39 is 0 Å². The lowest BCUT2D eigenvalue weighted by molar-refractivity contribution is 0.668. The van der Waals surface area contributed by atoms with Crippen LogP contribution in [-0.4, -0.2) is 0 Å². The number of hydrogen-bond donors (Lipinski definition) is 0. The molecule has 0 bridgehead atoms. The van der Waals surface area contributed by atoms with Crippen molar-refractivity contribution in [1.29, 1.82) is 0 Å². The molecule has 0 unspecified atom stereocenters. The zero-order valence-corrected chi connectivity index (χ0v) is 37.7. The van der Waals surface area contributed by atoms with Crippen LogP contribution in [0.3, 0.4) is 0 Å². The molecule has 0 amide bonds. The van der Waals surface area contributed by atoms with Crippen molar-refractivity contribution in [2.45, 2.75) is 5.92 Å². The highest BCUT2D eigenvalue weighted by Gasteiger charge is 2.20. The first kappa shape index (κ1) is 40.3. The first-order valence-corrected chi connectivity index (χ1v) is 23.7. The molecule has 0 aliphatic carbocycles. The van der Waals surface area contributed by atoms with E-state index in [0.29, 0.717) is 0 Å². The minimum absolute atomic E-state index is 0.0336. The molecule has 11 aromatic carbocycles. The minimum Gasteiger partial charge on any atom is -0.456 e. The highest BCUT2D eigenvalue weighted by atomic mass is 16.3. The standard InChI is InChI=1S/C67H44O2/c1-2-12-44(13-3-1)49-14-8-17-52(38-49)53-18-11-21-58(41-53)67(56-19-9-15-50(39-56)45-26-30-47(31-27-45)54-34-36-65-61(42-54)59-22-4-6-24-63(59)68-65)57-20-10-16-51(40-57)46-28-32-48(33-29-46)55-35-37-66-62(43-55)60-23-5-7-25-64(60)69-66/h1-43,67H. The molecule has 0 aliphatic heterocycles. The molecule has 0 radical (unpaired) electrons. The van der Waals surface area contributed by atoms with Crippen molar-refractivity contribution in [3.63, 3.8) is 0 Å². The summed E-state index contributed by atoms with van der Waals surface area (Å²) >= 11 is 0. The summed E-state index contributed by atoms with van der Waals surface area (Å²) in [6, 6.07) is 94.3. The van der Waals surface area contributed by atoms with Crippen LogP contribution in [0.15, 0.2) is 270 Å². The molecular weight excluding hydrogens is 837 g/mol. The first-order chi connectivity index (χ1) is 34.1. The summed E-state index contributed by atoms with van der Waals surface area (Å²) < 4.78 is 12.3. The van der Waals surface area contributed by atoms with Gasteiger partial charge in [-0.05, 0) is 126 Å². The van der Waals surface area contributed by atoms with Crippen LogP contribution in [-0.2, 0) is 0 Å². The Morgan fingerprint density at radius 2 is 0.478 bits per heavy atom. The van der Waals surface area contributed by atoms with Crippen molar-refractivity contribution < 1.29 is 8.83 Å². The molecule has 0 atom stereocenters. The largest absolute Gasteiger partial charge is 0.456 e. The van der Waals surface area contributed by atoms with Crippen LogP contribution in [0.5, 0.6) is 0 Å². The Kier molecular flexibility index (Phi) is 9.95. The Balaban J connectivity index is 0.865. The van der Waals surface area contributed by atoms with E-state index in [1.165, 1.54) is 83.5 Å². The van der Waals surface area contributed by atoms with Gasteiger partial charge >= 0.3 is 0 Å². The monoisotopic (exact) mass is 880 g/mol. The topological polar surface area (TPSA) is 26.3 Å². The van der Waals surface area contributed by atoms with Crippen LogP contribution in [0, 0.1) is 0 Å². The summed E-state index contributed by atoms with van der Waals surface area (Å²) in [6.07, 6.45) is 0. The van der Waals surface area contributed by atoms with E-state index in [4.69, 9.17) is 8.83 Å². The van der Waals surface area contributed by atoms with Crippen LogP contribution in [0.4, 0.5) is 0 Å². The smallest absolute Gasteiger partial charge is 0.135 e. The van der Waals surface area contributed by atoms with Crippen molar-refractivity contribution in [2.24, 2.45) is 0 Å². The van der Waals surface area contributed by atoms with Crippen molar-refractivity contribution >= 4 is 43.9 Å². The van der Waals surface area contributed by atoms with Crippen molar-refractivity contribution in [3.05, 3.63) is 278 Å². The normalized spacial score (nSPS) is 11.6. The van der Waals surface area contributed by atoms with E-state index in [0.717, 1.165) is 43.9 Å². The molecule has 2 aromatic heterocycles. The Hall–Kier alpha value is -8.98. The summed E-state index contributed by atoms with van der Waals surface area (Å²) in [4.78, 5) is 0. The number of hydrogen-bond acceptors (Lipinski definition) is 2. The van der Waals surface area contributed by atoms with Gasteiger partial charge in [-0.1, -0.05) is 218 Å². The quantitative estimate of drug-likeness (QED) is 0.135. The van der Waals surface area contributed by atoms with Crippen LogP contribution < -0.4 is 0 Å². The van der Waals surface area contributed by atoms with E-state index in [9.17, 15) is 0 Å². The van der Waals surface area contributed by atoms with Crippen LogP contribution >= 0.6 is 0 Å². The lowest BCUT2D eigenvalue weighted by Crippen LogP contribution is -2.04. The molecule has 324 valence electrons. The first-order valence-electron chi connectivity index (χ1n) is 23.7. The molecule has 13 rings (SSSR count). The Morgan fingerprint density at radius 1 is 0.188 bits per heavy atom. The summed E-state index contributed by atoms with van der Waals surface area (Å²) in [5, 5.41) is 4.55. The average Bonchev–Trinajstić information content (AvgIpc) is 3.99. The molecule has 69 heavy (non-hydrogen) atoms. The SMILES string of the molecule is c1ccc(-c2cccc(-c3cccc(C(c4cccc(-c5ccc(-c6ccc7oc8ccccc8c7c6)cc5)c4)c4cccc(-c5ccc(-c6ccc7oc8ccccc8c7c6)cc5)c4)c3)c2)cc1. The summed E-state index contributed by atoms with van der Waals surface area (Å²) in [5.41, 5.74) is 21.6. The highest BCUT2D eigenvalue weighted by Crippen LogP contribution is 2.40. The predicted octanol–water partition coefficient (Wildman–Crippen LogP) is 18.7. The molecule has 0 saturated heterocycles. The van der Waals surface area contributed by atoms with Gasteiger partial charge in [-0.3, -0.25) is 0 Å². The maximum absolute atomic E-state index is 6.13. The maximum atomic E-state index is 6.13. The highest BCUT2D eigenvalue weighted by molar-refractivity contribution is 6.07. The van der Waals surface area contributed by atoms with Crippen molar-refractivity contribution in [1.82, 2.24) is 0 Å². The van der Waals surface area contributed by atoms with E-state index in [1.807, 2.05) is 24.3 Å². The van der Waals surface area contributed by atoms with Gasteiger partial charge in [0.1, 0.15) is 22.3 Å². The molecule has 2 heterocycles. The average molecular weight is 881 g/mol. The lowest BCUT2D eigenvalue weighted by Gasteiger charge is -2.22. The summed E-state index contributed by atoms with van der Waals surface area (Å²) in [5.74, 6) is -0.0336. The second kappa shape index (κ2) is 17.0. The zero-order valence-electron chi connectivity index (χ0n) is 37.7. The van der Waals surface area contributed by atoms with Gasteiger partial charge in [0.25, 0.3) is 0 Å². The minimum atomic E-state index is -0.0336. The predicted molar refractivity (Wildman–Crippen MR) is 287 cm³/mol. The molecular formula is C67H44O2. The molecule has 0 spiro atoms. The fourth-order valence-electron chi connectivity index (χ4n) is 10.3. The lowest BCUT2D eigenvalue weighted by atomic mass is 9.82. The molecule has 0 fully saturated rings. The van der Waals surface area contributed by atoms with Gasteiger partial charge in [0.05, 0.1) is 0 Å². The second-order valence-electron chi connectivity index (χ2n) is 18.0. The van der Waals surface area contributed by atoms with Crippen LogP contribution in [0.2, 0.25) is 0 Å². The van der Waals surface area contributed by atoms with Crippen LogP contribution in [0.25, 0.3) is 111 Å². The van der Waals surface area contributed by atoms with Gasteiger partial charge in [-0.2, -0.15) is 0 Å². The number of para-hydroxylation sites is 2. The third-order valence-electron chi connectivity index (χ3n) is 13.8. The Labute approximate surface area is 401 Å². The molecule has 0 saturated carbocycles. The van der Waals surface area contributed by atoms with Gasteiger partial charge in [0, 0.05) is 27.5 Å². The van der Waals surface area contributed by atoms with Crippen LogP contribution in [0.1, 0.15) is 22.6 Å². The van der Waals surface area contributed by atoms with E-state index >= 15 is 0 Å². The van der Waals surface area contributed by atoms with E-state index in [2.05, 4.69) is 237 Å². The molecule has 0 aliphatic rings. The van der Waals surface area contributed by atoms with Crippen molar-refractivity contribution in [3.8, 4) is 66.8 Å². The van der Waals surface area contributed by atoms with Gasteiger partial charge in [-0.25, -0.2) is 0 Å². The third-order valence-corrected chi connectivity index (χ3v) is 13.8. The zero-order chi connectivity index (χ0) is 45.7. The summed E-state index contributed by atoms with van der Waals surface area (Å²) in [6.45, 7) is 0.